The highest BCUT2D eigenvalue weighted by atomic mass is 16.5. The number of amides is 2. The summed E-state index contributed by atoms with van der Waals surface area (Å²) in [6.45, 7) is 3.76. The lowest BCUT2D eigenvalue weighted by molar-refractivity contribution is -0.116. The molecule has 0 radical (unpaired) electrons. The van der Waals surface area contributed by atoms with E-state index < -0.39 is 0 Å². The summed E-state index contributed by atoms with van der Waals surface area (Å²) in [5, 5.41) is 5.77. The second kappa shape index (κ2) is 8.32. The Morgan fingerprint density at radius 3 is 2.63 bits per heavy atom. The van der Waals surface area contributed by atoms with E-state index in [-0.39, 0.29) is 17.8 Å². The summed E-state index contributed by atoms with van der Waals surface area (Å²) in [5.74, 6) is 0.311. The largest absolute Gasteiger partial charge is 0.424 e. The maximum Gasteiger partial charge on any atom is 0.322 e. The second-order valence-electron chi connectivity index (χ2n) is 7.29. The predicted octanol–water partition coefficient (Wildman–Crippen LogP) is 4.41. The molecule has 30 heavy (non-hydrogen) atoms. The molecule has 1 aliphatic rings. The molecule has 0 atom stereocenters. The van der Waals surface area contributed by atoms with Crippen LogP contribution in [0.2, 0.25) is 0 Å². The minimum atomic E-state index is -0.229. The van der Waals surface area contributed by atoms with Crippen molar-refractivity contribution < 1.29 is 14.3 Å². The SMILES string of the molecule is Cc1cc(C)nc(Oc2cccc(NC(=O)c3ccc4c(c3)CCCC(=O)N4)c2)n1. The Morgan fingerprint density at radius 1 is 1.03 bits per heavy atom. The van der Waals surface area contributed by atoms with Crippen LogP contribution in [0.5, 0.6) is 11.8 Å². The number of hydrogen-bond donors (Lipinski definition) is 2. The van der Waals surface area contributed by atoms with Gasteiger partial charge in [-0.15, -0.1) is 0 Å². The zero-order valence-corrected chi connectivity index (χ0v) is 16.9. The van der Waals surface area contributed by atoms with Crippen molar-refractivity contribution >= 4 is 23.2 Å². The molecule has 0 unspecified atom stereocenters. The van der Waals surface area contributed by atoms with Crippen LogP contribution in [0.15, 0.2) is 48.5 Å². The van der Waals surface area contributed by atoms with Crippen LogP contribution in [-0.4, -0.2) is 21.8 Å². The molecule has 0 saturated carbocycles. The molecule has 4 rings (SSSR count). The summed E-state index contributed by atoms with van der Waals surface area (Å²) < 4.78 is 5.75. The van der Waals surface area contributed by atoms with Gasteiger partial charge in [0.1, 0.15) is 5.75 Å². The highest BCUT2D eigenvalue weighted by Crippen LogP contribution is 2.25. The van der Waals surface area contributed by atoms with Crippen LogP contribution >= 0.6 is 0 Å². The van der Waals surface area contributed by atoms with Gasteiger partial charge in [0.15, 0.2) is 0 Å². The Labute approximate surface area is 174 Å². The number of ether oxygens (including phenoxy) is 1. The van der Waals surface area contributed by atoms with Crippen LogP contribution < -0.4 is 15.4 Å². The Kier molecular flexibility index (Phi) is 5.43. The summed E-state index contributed by atoms with van der Waals surface area (Å²) in [6, 6.07) is 14.5. The molecular formula is C23H22N4O3. The van der Waals surface area contributed by atoms with Crippen molar-refractivity contribution in [2.45, 2.75) is 33.1 Å². The molecule has 0 bridgehead atoms. The van der Waals surface area contributed by atoms with Crippen molar-refractivity contribution in [2.24, 2.45) is 0 Å². The molecule has 1 aromatic heterocycles. The van der Waals surface area contributed by atoms with Crippen LogP contribution in [0.3, 0.4) is 0 Å². The van der Waals surface area contributed by atoms with E-state index in [9.17, 15) is 9.59 Å². The number of benzene rings is 2. The van der Waals surface area contributed by atoms with Crippen LogP contribution in [0.4, 0.5) is 11.4 Å². The van der Waals surface area contributed by atoms with E-state index in [0.29, 0.717) is 23.4 Å². The Morgan fingerprint density at radius 2 is 1.83 bits per heavy atom. The third-order valence-electron chi connectivity index (χ3n) is 4.75. The van der Waals surface area contributed by atoms with Crippen molar-refractivity contribution in [1.82, 2.24) is 9.97 Å². The predicted molar refractivity (Wildman–Crippen MR) is 114 cm³/mol. The van der Waals surface area contributed by atoms with Gasteiger partial charge in [-0.2, -0.15) is 0 Å². The number of hydrogen-bond acceptors (Lipinski definition) is 5. The van der Waals surface area contributed by atoms with E-state index in [1.165, 1.54) is 0 Å². The molecule has 2 amide bonds. The summed E-state index contributed by atoms with van der Waals surface area (Å²) in [4.78, 5) is 33.0. The first-order valence-corrected chi connectivity index (χ1v) is 9.80. The number of nitrogens with zero attached hydrogens (tertiary/aromatic N) is 2. The third kappa shape index (κ3) is 4.63. The summed E-state index contributed by atoms with van der Waals surface area (Å²) in [7, 11) is 0. The quantitative estimate of drug-likeness (QED) is 0.674. The van der Waals surface area contributed by atoms with Gasteiger partial charge in [0.2, 0.25) is 5.91 Å². The fourth-order valence-electron chi connectivity index (χ4n) is 3.40. The topological polar surface area (TPSA) is 93.2 Å². The van der Waals surface area contributed by atoms with Crippen LogP contribution in [0.1, 0.15) is 40.2 Å². The van der Waals surface area contributed by atoms with E-state index in [4.69, 9.17) is 4.74 Å². The number of rotatable bonds is 4. The van der Waals surface area contributed by atoms with Gasteiger partial charge in [0.25, 0.3) is 5.91 Å². The molecule has 7 heteroatoms. The zero-order valence-electron chi connectivity index (χ0n) is 16.9. The first kappa shape index (κ1) is 19.6. The number of carbonyl (C=O) groups is 2. The van der Waals surface area contributed by atoms with Gasteiger partial charge in [0.05, 0.1) is 0 Å². The standard InChI is InChI=1S/C23H22N4O3/c1-14-11-15(2)25-23(24-14)30-19-7-4-6-18(13-19)26-22(29)17-9-10-20-16(12-17)5-3-8-21(28)27-20/h4,6-7,9-13H,3,5,8H2,1-2H3,(H,26,29)(H,27,28). The number of anilines is 2. The number of fused-ring (bicyclic) bond motifs is 1. The molecule has 152 valence electrons. The fourth-order valence-corrected chi connectivity index (χ4v) is 3.40. The summed E-state index contributed by atoms with van der Waals surface area (Å²) >= 11 is 0. The second-order valence-corrected chi connectivity index (χ2v) is 7.29. The monoisotopic (exact) mass is 402 g/mol. The lowest BCUT2D eigenvalue weighted by Gasteiger charge is -2.11. The van der Waals surface area contributed by atoms with Gasteiger partial charge in [-0.1, -0.05) is 6.07 Å². The molecule has 1 aliphatic heterocycles. The molecule has 2 heterocycles. The van der Waals surface area contributed by atoms with Crippen molar-refractivity contribution in [3.05, 3.63) is 71.0 Å². The highest BCUT2D eigenvalue weighted by Gasteiger charge is 2.15. The third-order valence-corrected chi connectivity index (χ3v) is 4.75. The molecular weight excluding hydrogens is 380 g/mol. The molecule has 0 spiro atoms. The number of carbonyl (C=O) groups excluding carboxylic acids is 2. The average molecular weight is 402 g/mol. The van der Waals surface area contributed by atoms with Gasteiger partial charge in [-0.25, -0.2) is 9.97 Å². The zero-order chi connectivity index (χ0) is 21.1. The van der Waals surface area contributed by atoms with Crippen molar-refractivity contribution in [2.75, 3.05) is 10.6 Å². The van der Waals surface area contributed by atoms with Gasteiger partial charge in [0, 0.05) is 40.8 Å². The molecule has 3 aromatic rings. The van der Waals surface area contributed by atoms with E-state index in [2.05, 4.69) is 20.6 Å². The molecule has 0 saturated heterocycles. The summed E-state index contributed by atoms with van der Waals surface area (Å²) in [5.41, 5.74) is 4.53. The van der Waals surface area contributed by atoms with Gasteiger partial charge < -0.3 is 15.4 Å². The van der Waals surface area contributed by atoms with Crippen LogP contribution in [0.25, 0.3) is 0 Å². The maximum atomic E-state index is 12.7. The van der Waals surface area contributed by atoms with Crippen molar-refractivity contribution in [3.8, 4) is 11.8 Å². The molecule has 0 aliphatic carbocycles. The van der Waals surface area contributed by atoms with Gasteiger partial charge >= 0.3 is 6.01 Å². The number of aromatic nitrogens is 2. The van der Waals surface area contributed by atoms with Crippen molar-refractivity contribution in [3.63, 3.8) is 0 Å². The first-order chi connectivity index (χ1) is 14.5. The van der Waals surface area contributed by atoms with Crippen molar-refractivity contribution in [1.29, 1.82) is 0 Å². The minimum absolute atomic E-state index is 0.00977. The smallest absolute Gasteiger partial charge is 0.322 e. The molecule has 0 fully saturated rings. The summed E-state index contributed by atoms with van der Waals surface area (Å²) in [6.07, 6.45) is 2.02. The van der Waals surface area contributed by atoms with E-state index in [1.54, 1.807) is 36.4 Å². The maximum absolute atomic E-state index is 12.7. The van der Waals surface area contributed by atoms with E-state index >= 15 is 0 Å². The van der Waals surface area contributed by atoms with Crippen LogP contribution in [0, 0.1) is 13.8 Å². The molecule has 2 aromatic carbocycles. The molecule has 2 N–H and O–H groups in total. The van der Waals surface area contributed by atoms with Gasteiger partial charge in [-0.3, -0.25) is 9.59 Å². The van der Waals surface area contributed by atoms with E-state index in [0.717, 1.165) is 35.5 Å². The number of aryl methyl sites for hydroxylation is 3. The lowest BCUT2D eigenvalue weighted by atomic mass is 10.0. The van der Waals surface area contributed by atoms with Gasteiger partial charge in [-0.05, 0) is 68.7 Å². The minimum Gasteiger partial charge on any atom is -0.424 e. The van der Waals surface area contributed by atoms with Crippen LogP contribution in [-0.2, 0) is 11.2 Å². The highest BCUT2D eigenvalue weighted by molar-refractivity contribution is 6.05. The molecule has 7 nitrogen and oxygen atoms in total. The Balaban J connectivity index is 1.49. The fraction of sp³-hybridized carbons (Fsp3) is 0.217. The Hall–Kier alpha value is -3.74. The van der Waals surface area contributed by atoms with E-state index in [1.807, 2.05) is 26.0 Å². The Bertz CT molecular complexity index is 1110. The number of nitrogens with one attached hydrogen (secondary N) is 2. The first-order valence-electron chi connectivity index (χ1n) is 9.80. The normalized spacial score (nSPS) is 13.1. The lowest BCUT2D eigenvalue weighted by Crippen LogP contribution is -2.13. The average Bonchev–Trinajstić information content (AvgIpc) is 2.87.